The first-order valence-electron chi connectivity index (χ1n) is 15.3. The Morgan fingerprint density at radius 2 is 1.93 bits per heavy atom. The third-order valence-corrected chi connectivity index (χ3v) is 7.52. The molecule has 4 aromatic rings. The molecule has 3 heterocycles. The summed E-state index contributed by atoms with van der Waals surface area (Å²) in [6.07, 6.45) is 5.12. The average Bonchev–Trinajstić information content (AvgIpc) is 3.01. The van der Waals surface area contributed by atoms with E-state index < -0.39 is 11.7 Å². The fourth-order valence-corrected chi connectivity index (χ4v) is 5.21. The number of likely N-dealkylation sites (tertiary alicyclic amines) is 1. The third-order valence-electron chi connectivity index (χ3n) is 7.52. The van der Waals surface area contributed by atoms with Crippen LogP contribution in [0, 0.1) is 6.92 Å². The Bertz CT molecular complexity index is 1600. The number of aromatic nitrogens is 3. The summed E-state index contributed by atoms with van der Waals surface area (Å²) < 4.78 is 12.1. The van der Waals surface area contributed by atoms with Crippen LogP contribution >= 0.6 is 0 Å². The lowest BCUT2D eigenvalue weighted by atomic mass is 10.0. The largest absolute Gasteiger partial charge is 0.444 e. The number of hydrogen-bond acceptors (Lipinski definition) is 9. The zero-order valence-electron chi connectivity index (χ0n) is 26.1. The van der Waals surface area contributed by atoms with Gasteiger partial charge in [0, 0.05) is 54.5 Å². The van der Waals surface area contributed by atoms with Crippen molar-refractivity contribution in [3.05, 3.63) is 66.5 Å². The predicted molar refractivity (Wildman–Crippen MR) is 173 cm³/mol. The summed E-state index contributed by atoms with van der Waals surface area (Å²) in [7, 11) is 0. The van der Waals surface area contributed by atoms with E-state index in [0.29, 0.717) is 49.3 Å². The van der Waals surface area contributed by atoms with Crippen molar-refractivity contribution < 1.29 is 19.4 Å². The summed E-state index contributed by atoms with van der Waals surface area (Å²) in [5, 5.41) is 18.8. The highest BCUT2D eigenvalue weighted by Crippen LogP contribution is 2.38. The number of amides is 1. The van der Waals surface area contributed by atoms with Gasteiger partial charge in [-0.25, -0.2) is 19.7 Å². The number of anilines is 2. The summed E-state index contributed by atoms with van der Waals surface area (Å²) in [5.74, 6) is 1.61. The molecule has 10 nitrogen and oxygen atoms in total. The van der Waals surface area contributed by atoms with Crippen molar-refractivity contribution in [1.29, 1.82) is 0 Å². The van der Waals surface area contributed by atoms with Gasteiger partial charge in [-0.15, -0.1) is 0 Å². The smallest absolute Gasteiger partial charge is 0.410 e. The first kappa shape index (κ1) is 31.0. The van der Waals surface area contributed by atoms with Crippen LogP contribution in [0.2, 0.25) is 0 Å². The molecular formula is C34H42N6O4. The number of nitrogens with zero attached hydrogens (tertiary/aromatic N) is 4. The lowest BCUT2D eigenvalue weighted by Gasteiger charge is -2.34. The Kier molecular flexibility index (Phi) is 9.49. The van der Waals surface area contributed by atoms with Crippen molar-refractivity contribution in [3.63, 3.8) is 0 Å². The fraction of sp³-hybridized carbons (Fsp3) is 0.412. The van der Waals surface area contributed by atoms with Crippen LogP contribution in [0.4, 0.5) is 16.4 Å². The molecule has 0 spiro atoms. The highest BCUT2D eigenvalue weighted by Gasteiger charge is 2.28. The summed E-state index contributed by atoms with van der Waals surface area (Å²) in [6, 6.07) is 15.7. The van der Waals surface area contributed by atoms with Crippen LogP contribution in [0.25, 0.3) is 22.0 Å². The Balaban J connectivity index is 1.37. The van der Waals surface area contributed by atoms with Crippen LogP contribution < -0.4 is 15.4 Å². The molecule has 1 saturated heterocycles. The first-order chi connectivity index (χ1) is 21.1. The van der Waals surface area contributed by atoms with E-state index in [0.717, 1.165) is 40.4 Å². The number of ether oxygens (including phenoxy) is 2. The minimum absolute atomic E-state index is 0.00397. The number of fused-ring (bicyclic) bond motifs is 1. The van der Waals surface area contributed by atoms with Crippen LogP contribution in [0.1, 0.15) is 52.5 Å². The average molecular weight is 599 g/mol. The Morgan fingerprint density at radius 3 is 2.73 bits per heavy atom. The quantitative estimate of drug-likeness (QED) is 0.191. The van der Waals surface area contributed by atoms with Gasteiger partial charge >= 0.3 is 6.09 Å². The van der Waals surface area contributed by atoms with Crippen LogP contribution in [-0.2, 0) is 4.74 Å². The molecule has 232 valence electrons. The molecule has 0 bridgehead atoms. The molecule has 2 atom stereocenters. The maximum absolute atomic E-state index is 12.6. The third kappa shape index (κ3) is 7.55. The molecule has 1 aliphatic heterocycles. The summed E-state index contributed by atoms with van der Waals surface area (Å²) in [6.45, 7) is 11.2. The van der Waals surface area contributed by atoms with Crippen molar-refractivity contribution in [2.75, 3.05) is 30.3 Å². The van der Waals surface area contributed by atoms with Gasteiger partial charge in [-0.05, 0) is 76.8 Å². The van der Waals surface area contributed by atoms with Crippen molar-refractivity contribution >= 4 is 28.5 Å². The number of aliphatic hydroxyl groups excluding tert-OH is 1. The molecule has 0 aliphatic carbocycles. The molecule has 3 N–H and O–H groups in total. The van der Waals surface area contributed by atoms with Crippen molar-refractivity contribution in [1.82, 2.24) is 19.9 Å². The topological polar surface area (TPSA) is 122 Å². The molecule has 1 aliphatic rings. The summed E-state index contributed by atoms with van der Waals surface area (Å²) >= 11 is 0. The van der Waals surface area contributed by atoms with Crippen LogP contribution in [0.5, 0.6) is 11.6 Å². The molecule has 0 saturated carbocycles. The number of carbonyl (C=O) groups excluding carboxylic acids is 1. The van der Waals surface area contributed by atoms with E-state index in [9.17, 15) is 9.90 Å². The van der Waals surface area contributed by atoms with Gasteiger partial charge in [-0.2, -0.15) is 0 Å². The van der Waals surface area contributed by atoms with Crippen molar-refractivity contribution in [2.45, 2.75) is 71.6 Å². The highest BCUT2D eigenvalue weighted by atomic mass is 16.6. The van der Waals surface area contributed by atoms with Gasteiger partial charge in [0.25, 0.3) is 0 Å². The Morgan fingerprint density at radius 1 is 1.09 bits per heavy atom. The normalized spacial score (nSPS) is 16.0. The van der Waals surface area contributed by atoms with Crippen molar-refractivity contribution in [2.24, 2.45) is 0 Å². The Labute approximate surface area is 258 Å². The number of rotatable bonds is 9. The number of piperidine rings is 1. The molecule has 1 amide bonds. The number of aryl methyl sites for hydroxylation is 1. The van der Waals surface area contributed by atoms with E-state index in [4.69, 9.17) is 14.5 Å². The van der Waals surface area contributed by atoms with E-state index in [1.807, 2.05) is 77.1 Å². The second-order valence-corrected chi connectivity index (χ2v) is 12.2. The monoisotopic (exact) mass is 598 g/mol. The number of benzene rings is 2. The zero-order valence-corrected chi connectivity index (χ0v) is 26.1. The molecule has 2 aromatic heterocycles. The minimum atomic E-state index is -0.541. The van der Waals surface area contributed by atoms with E-state index in [-0.39, 0.29) is 12.1 Å². The van der Waals surface area contributed by atoms with E-state index in [1.165, 1.54) is 0 Å². The second kappa shape index (κ2) is 13.5. The second-order valence-electron chi connectivity index (χ2n) is 12.2. The van der Waals surface area contributed by atoms with Gasteiger partial charge in [0.1, 0.15) is 11.4 Å². The molecule has 1 unspecified atom stereocenters. The van der Waals surface area contributed by atoms with Crippen LogP contribution in [-0.4, -0.2) is 68.4 Å². The van der Waals surface area contributed by atoms with Crippen LogP contribution in [0.3, 0.4) is 0 Å². The summed E-state index contributed by atoms with van der Waals surface area (Å²) in [4.78, 5) is 28.2. The molecule has 44 heavy (non-hydrogen) atoms. The highest BCUT2D eigenvalue weighted by molar-refractivity contribution is 5.98. The van der Waals surface area contributed by atoms with Gasteiger partial charge < -0.3 is 30.1 Å². The lowest BCUT2D eigenvalue weighted by molar-refractivity contribution is 0.0206. The van der Waals surface area contributed by atoms with Gasteiger partial charge in [0.15, 0.2) is 0 Å². The molecule has 1 fully saturated rings. The molecule has 2 aromatic carbocycles. The van der Waals surface area contributed by atoms with Gasteiger partial charge in [0.2, 0.25) is 11.8 Å². The van der Waals surface area contributed by atoms with Gasteiger partial charge in [-0.3, -0.25) is 0 Å². The molecule has 5 rings (SSSR count). The standard InChI is InChI=1S/C34H42N6O4/c1-6-24(41)20-37-28-13-7-11-26-25(28)15-14-22(2)30(26)43-31-27(12-8-17-35-31)29-16-18-36-32(39-29)38-23-10-9-19-40(21-23)33(42)44-34(3,4)5/h7-8,11-18,23-24,37,41H,6,9-10,19-21H2,1-5H3,(H,36,38,39)/t23?,24-/m0/s1. The SMILES string of the molecule is CC[C@H](O)CNc1cccc2c(Oc3ncccc3-c3ccnc(NC4CCCN(C(=O)OC(C)(C)C)C4)n3)c(C)ccc12. The molecule has 10 heteroatoms. The van der Waals surface area contributed by atoms with Gasteiger partial charge in [0.05, 0.1) is 17.4 Å². The number of hydrogen-bond donors (Lipinski definition) is 3. The fourth-order valence-electron chi connectivity index (χ4n) is 5.21. The Hall–Kier alpha value is -4.44. The lowest BCUT2D eigenvalue weighted by Crippen LogP contribution is -2.47. The van der Waals surface area contributed by atoms with E-state index in [1.54, 1.807) is 17.3 Å². The number of pyridine rings is 1. The molecule has 0 radical (unpaired) electrons. The first-order valence-corrected chi connectivity index (χ1v) is 15.3. The minimum Gasteiger partial charge on any atom is -0.444 e. The number of aliphatic hydroxyl groups is 1. The van der Waals surface area contributed by atoms with Gasteiger partial charge in [-0.1, -0.05) is 31.2 Å². The predicted octanol–water partition coefficient (Wildman–Crippen LogP) is 6.79. The van der Waals surface area contributed by atoms with Crippen molar-refractivity contribution in [3.8, 4) is 22.9 Å². The summed E-state index contributed by atoms with van der Waals surface area (Å²) in [5.41, 5.74) is 2.76. The van der Waals surface area contributed by atoms with E-state index >= 15 is 0 Å². The number of carbonyl (C=O) groups is 1. The van der Waals surface area contributed by atoms with E-state index in [2.05, 4.69) is 26.7 Å². The maximum Gasteiger partial charge on any atom is 0.410 e. The number of nitrogens with one attached hydrogen (secondary N) is 2. The maximum atomic E-state index is 12.6. The van der Waals surface area contributed by atoms with Crippen LogP contribution in [0.15, 0.2) is 60.9 Å². The molecular weight excluding hydrogens is 556 g/mol. The zero-order chi connectivity index (χ0) is 31.3.